The van der Waals surface area contributed by atoms with Gasteiger partial charge in [0.2, 0.25) is 0 Å². The molecule has 0 bridgehead atoms. The van der Waals surface area contributed by atoms with E-state index in [9.17, 15) is 4.39 Å². The van der Waals surface area contributed by atoms with Gasteiger partial charge in [-0.2, -0.15) is 0 Å². The smallest absolute Gasteiger partial charge is 0.170 e. The summed E-state index contributed by atoms with van der Waals surface area (Å²) >= 11 is 5.38. The zero-order chi connectivity index (χ0) is 18.0. The molecule has 0 saturated heterocycles. The van der Waals surface area contributed by atoms with Crippen LogP contribution in [0.3, 0.4) is 0 Å². The first-order chi connectivity index (χ1) is 11.9. The molecule has 0 fully saturated rings. The third kappa shape index (κ3) is 3.99. The molecule has 3 rings (SSSR count). The Hall–Kier alpha value is -2.40. The fourth-order valence-corrected chi connectivity index (χ4v) is 3.31. The molecular weight excluding hydrogens is 333 g/mol. The number of hydrogen-bond donors (Lipinski definition) is 3. The average molecular weight is 355 g/mol. The van der Waals surface area contributed by atoms with Crippen LogP contribution in [0.2, 0.25) is 0 Å². The Balaban J connectivity index is 1.62. The zero-order valence-electron chi connectivity index (χ0n) is 14.7. The number of nitrogens with one attached hydrogen (secondary N) is 3. The second-order valence-electron chi connectivity index (χ2n) is 6.37. The van der Waals surface area contributed by atoms with Crippen molar-refractivity contribution < 1.29 is 4.39 Å². The highest BCUT2D eigenvalue weighted by atomic mass is 32.1. The highest BCUT2D eigenvalue weighted by Crippen LogP contribution is 2.23. The van der Waals surface area contributed by atoms with Gasteiger partial charge < -0.3 is 15.6 Å². The molecule has 0 saturated carbocycles. The van der Waals surface area contributed by atoms with E-state index in [0.717, 1.165) is 39.8 Å². The largest absolute Gasteiger partial charge is 0.362 e. The van der Waals surface area contributed by atoms with Crippen molar-refractivity contribution in [3.63, 3.8) is 0 Å². The minimum absolute atomic E-state index is 0.215. The Labute approximate surface area is 152 Å². The van der Waals surface area contributed by atoms with Gasteiger partial charge in [-0.05, 0) is 74.8 Å². The second kappa shape index (κ2) is 7.23. The van der Waals surface area contributed by atoms with Gasteiger partial charge in [0.05, 0.1) is 0 Å². The van der Waals surface area contributed by atoms with Crippen molar-refractivity contribution in [3.05, 3.63) is 64.6 Å². The van der Waals surface area contributed by atoms with Gasteiger partial charge in [-0.3, -0.25) is 0 Å². The minimum atomic E-state index is -0.215. The van der Waals surface area contributed by atoms with Crippen molar-refractivity contribution in [1.82, 2.24) is 10.3 Å². The van der Waals surface area contributed by atoms with Gasteiger partial charge in [-0.25, -0.2) is 4.39 Å². The molecule has 130 valence electrons. The molecule has 0 aliphatic heterocycles. The first-order valence-corrected chi connectivity index (χ1v) is 8.73. The van der Waals surface area contributed by atoms with Crippen LogP contribution in [0.5, 0.6) is 0 Å². The Morgan fingerprint density at radius 2 is 1.92 bits per heavy atom. The zero-order valence-corrected chi connectivity index (χ0v) is 15.5. The van der Waals surface area contributed by atoms with Crippen LogP contribution in [-0.4, -0.2) is 16.6 Å². The Kier molecular flexibility index (Phi) is 5.04. The van der Waals surface area contributed by atoms with Gasteiger partial charge in [-0.15, -0.1) is 0 Å². The summed E-state index contributed by atoms with van der Waals surface area (Å²) in [5, 5.41) is 7.99. The summed E-state index contributed by atoms with van der Waals surface area (Å²) in [5.74, 6) is -0.215. The number of aromatic nitrogens is 1. The second-order valence-corrected chi connectivity index (χ2v) is 6.78. The maximum atomic E-state index is 13.5. The third-order valence-electron chi connectivity index (χ3n) is 4.37. The molecule has 25 heavy (non-hydrogen) atoms. The quantitative estimate of drug-likeness (QED) is 0.591. The molecule has 0 radical (unpaired) electrons. The Morgan fingerprint density at radius 1 is 1.12 bits per heavy atom. The van der Waals surface area contributed by atoms with Crippen molar-refractivity contribution in [2.24, 2.45) is 0 Å². The van der Waals surface area contributed by atoms with E-state index in [4.69, 9.17) is 12.2 Å². The van der Waals surface area contributed by atoms with Crippen LogP contribution in [0.15, 0.2) is 36.4 Å². The van der Waals surface area contributed by atoms with Crippen LogP contribution in [0, 0.1) is 26.6 Å². The van der Waals surface area contributed by atoms with Crippen LogP contribution >= 0.6 is 12.2 Å². The summed E-state index contributed by atoms with van der Waals surface area (Å²) in [7, 11) is 0. The van der Waals surface area contributed by atoms with Crippen LogP contribution in [0.1, 0.15) is 22.4 Å². The van der Waals surface area contributed by atoms with Crippen molar-refractivity contribution >= 4 is 33.9 Å². The summed E-state index contributed by atoms with van der Waals surface area (Å²) in [5.41, 5.74) is 6.54. The number of hydrogen-bond acceptors (Lipinski definition) is 1. The molecule has 0 aliphatic carbocycles. The van der Waals surface area contributed by atoms with Gasteiger partial charge in [0.25, 0.3) is 0 Å². The van der Waals surface area contributed by atoms with E-state index in [1.807, 2.05) is 13.0 Å². The van der Waals surface area contributed by atoms with Gasteiger partial charge in [-0.1, -0.05) is 17.7 Å². The van der Waals surface area contributed by atoms with E-state index < -0.39 is 0 Å². The van der Waals surface area contributed by atoms with E-state index in [1.165, 1.54) is 11.6 Å². The lowest BCUT2D eigenvalue weighted by atomic mass is 10.1. The standard InChI is InChI=1S/C20H22FN3S/c1-12-4-6-18(13(2)10-12)24-20(25)22-9-8-16-14(3)23-19-7-5-15(21)11-17(16)19/h4-7,10-11,23H,8-9H2,1-3H3,(H2,22,24,25). The van der Waals surface area contributed by atoms with E-state index >= 15 is 0 Å². The molecule has 1 heterocycles. The van der Waals surface area contributed by atoms with Gasteiger partial charge in [0.1, 0.15) is 5.82 Å². The Bertz CT molecular complexity index is 930. The van der Waals surface area contributed by atoms with Gasteiger partial charge >= 0.3 is 0 Å². The number of aromatic amines is 1. The van der Waals surface area contributed by atoms with Crippen LogP contribution in [0.4, 0.5) is 10.1 Å². The fraction of sp³-hybridized carbons (Fsp3) is 0.250. The van der Waals surface area contributed by atoms with Crippen LogP contribution in [0.25, 0.3) is 10.9 Å². The fourth-order valence-electron chi connectivity index (χ4n) is 3.10. The van der Waals surface area contributed by atoms with Crippen LogP contribution < -0.4 is 10.6 Å². The van der Waals surface area contributed by atoms with Gasteiger partial charge in [0.15, 0.2) is 5.11 Å². The first kappa shape index (κ1) is 17.4. The number of aryl methyl sites for hydroxylation is 3. The topological polar surface area (TPSA) is 39.8 Å². The van der Waals surface area contributed by atoms with Crippen molar-refractivity contribution in [2.75, 3.05) is 11.9 Å². The maximum Gasteiger partial charge on any atom is 0.170 e. The van der Waals surface area contributed by atoms with E-state index in [1.54, 1.807) is 12.1 Å². The summed E-state index contributed by atoms with van der Waals surface area (Å²) in [6, 6.07) is 11.0. The lowest BCUT2D eigenvalue weighted by Gasteiger charge is -2.13. The molecule has 0 amide bonds. The van der Waals surface area contributed by atoms with E-state index in [2.05, 4.69) is 41.6 Å². The lowest BCUT2D eigenvalue weighted by Crippen LogP contribution is -2.30. The molecule has 0 unspecified atom stereocenters. The Morgan fingerprint density at radius 3 is 2.68 bits per heavy atom. The SMILES string of the molecule is Cc1ccc(NC(=S)NCCc2c(C)[nH]c3ccc(F)cc23)c(C)c1. The summed E-state index contributed by atoms with van der Waals surface area (Å²) < 4.78 is 13.5. The number of fused-ring (bicyclic) bond motifs is 1. The van der Waals surface area contributed by atoms with E-state index in [-0.39, 0.29) is 5.82 Å². The van der Waals surface area contributed by atoms with Crippen molar-refractivity contribution in [1.29, 1.82) is 0 Å². The number of thiocarbonyl (C=S) groups is 1. The summed E-state index contributed by atoms with van der Waals surface area (Å²) in [4.78, 5) is 3.30. The molecule has 1 aromatic heterocycles. The highest BCUT2D eigenvalue weighted by Gasteiger charge is 2.09. The third-order valence-corrected chi connectivity index (χ3v) is 4.62. The van der Waals surface area contributed by atoms with E-state index in [0.29, 0.717) is 11.7 Å². The molecular formula is C20H22FN3S. The summed E-state index contributed by atoms with van der Waals surface area (Å²) in [6.07, 6.45) is 0.768. The molecule has 0 spiro atoms. The lowest BCUT2D eigenvalue weighted by molar-refractivity contribution is 0.629. The molecule has 5 heteroatoms. The monoisotopic (exact) mass is 355 g/mol. The number of halogens is 1. The average Bonchev–Trinajstić information content (AvgIpc) is 2.86. The minimum Gasteiger partial charge on any atom is -0.362 e. The summed E-state index contributed by atoms with van der Waals surface area (Å²) in [6.45, 7) is 6.82. The van der Waals surface area contributed by atoms with Gasteiger partial charge in [0, 0.05) is 28.8 Å². The highest BCUT2D eigenvalue weighted by molar-refractivity contribution is 7.80. The maximum absolute atomic E-state index is 13.5. The van der Waals surface area contributed by atoms with Crippen LogP contribution in [-0.2, 0) is 6.42 Å². The molecule has 3 nitrogen and oxygen atoms in total. The predicted molar refractivity (Wildman–Crippen MR) is 107 cm³/mol. The molecule has 0 atom stereocenters. The molecule has 0 aliphatic rings. The van der Waals surface area contributed by atoms with Crippen molar-refractivity contribution in [3.8, 4) is 0 Å². The molecule has 3 aromatic rings. The van der Waals surface area contributed by atoms with Crippen molar-refractivity contribution in [2.45, 2.75) is 27.2 Å². The molecule has 2 aromatic carbocycles. The number of anilines is 1. The number of rotatable bonds is 4. The molecule has 3 N–H and O–H groups in total. The normalized spacial score (nSPS) is 10.9. The number of H-pyrrole nitrogens is 1. The predicted octanol–water partition coefficient (Wildman–Crippen LogP) is 4.76. The first-order valence-electron chi connectivity index (χ1n) is 8.33. The number of benzene rings is 2.